The van der Waals surface area contributed by atoms with Crippen molar-refractivity contribution in [3.63, 3.8) is 0 Å². The Labute approximate surface area is 221 Å². The first-order valence-corrected chi connectivity index (χ1v) is 11.7. The normalized spacial score (nSPS) is 20.5. The molecule has 9 heteroatoms. The smallest absolute Gasteiger partial charge is 0.813 e. The number of anilines is 1. The van der Waals surface area contributed by atoms with Gasteiger partial charge in [-0.2, -0.15) is 0 Å². The molecule has 2 aliphatic rings. The Bertz CT molecular complexity index is 1100. The molecule has 0 saturated carbocycles. The van der Waals surface area contributed by atoms with Crippen LogP contribution >= 0.6 is 0 Å². The molecule has 1 aliphatic heterocycles. The summed E-state index contributed by atoms with van der Waals surface area (Å²) in [6.45, 7) is 7.92. The summed E-state index contributed by atoms with van der Waals surface area (Å²) in [7, 11) is -1.11. The third-order valence-electron chi connectivity index (χ3n) is 6.57. The van der Waals surface area contributed by atoms with E-state index < -0.39 is 11.0 Å². The van der Waals surface area contributed by atoms with Crippen LogP contribution in [-0.2, 0) is 30.9 Å². The number of nitrogens with one attached hydrogen (secondary N) is 1. The van der Waals surface area contributed by atoms with Crippen LogP contribution in [-0.4, -0.2) is 36.4 Å². The van der Waals surface area contributed by atoms with Gasteiger partial charge in [-0.25, -0.2) is 8.93 Å². The van der Waals surface area contributed by atoms with Gasteiger partial charge in [0.2, 0.25) is 5.95 Å². The van der Waals surface area contributed by atoms with Gasteiger partial charge in [0.25, 0.3) is 0 Å². The molecule has 1 fully saturated rings. The number of hydrogen-bond donors (Lipinski definition) is 1. The molecule has 0 unspecified atom stereocenters. The van der Waals surface area contributed by atoms with Crippen molar-refractivity contribution in [1.82, 2.24) is 19.1 Å². The minimum absolute atomic E-state index is 0. The third-order valence-corrected chi connectivity index (χ3v) is 8.14. The predicted molar refractivity (Wildman–Crippen MR) is 128 cm³/mol. The van der Waals surface area contributed by atoms with Crippen LogP contribution < -0.4 is 39.2 Å². The van der Waals surface area contributed by atoms with Gasteiger partial charge in [-0.3, -0.25) is 9.97 Å². The van der Waals surface area contributed by atoms with E-state index in [2.05, 4.69) is 49.9 Å². The maximum absolute atomic E-state index is 13.0. The van der Waals surface area contributed by atoms with E-state index in [-0.39, 0.29) is 59.3 Å². The zero-order valence-corrected chi connectivity index (χ0v) is 22.9. The average molecular weight is 479 g/mol. The van der Waals surface area contributed by atoms with E-state index >= 15 is 0 Å². The van der Waals surface area contributed by atoms with Gasteiger partial charge in [-0.15, -0.1) is 6.20 Å². The summed E-state index contributed by atoms with van der Waals surface area (Å²) in [4.78, 5) is 11.3. The van der Waals surface area contributed by atoms with Gasteiger partial charge in [-0.1, -0.05) is 24.3 Å². The fraction of sp³-hybridized carbons (Fsp3) is 0.478. The molecular weight excluding hydrogens is 449 g/mol. The van der Waals surface area contributed by atoms with Crippen LogP contribution in [0, 0.1) is 11.5 Å². The van der Waals surface area contributed by atoms with Crippen molar-refractivity contribution in [3.8, 4) is 0 Å². The van der Waals surface area contributed by atoms with E-state index in [4.69, 9.17) is 0 Å². The monoisotopic (exact) mass is 478 g/mol. The summed E-state index contributed by atoms with van der Waals surface area (Å²) in [5.41, 5.74) is 3.58. The number of rotatable bonds is 3. The van der Waals surface area contributed by atoms with Crippen LogP contribution in [0.25, 0.3) is 5.65 Å². The van der Waals surface area contributed by atoms with Gasteiger partial charge < -0.3 is 28.9 Å². The molecule has 2 aromatic heterocycles. The zero-order valence-electron chi connectivity index (χ0n) is 19.2. The Hall–Kier alpha value is -0.900. The van der Waals surface area contributed by atoms with Crippen molar-refractivity contribution >= 4 is 36.1 Å². The summed E-state index contributed by atoms with van der Waals surface area (Å²) in [5, 5.41) is 0. The summed E-state index contributed by atoms with van der Waals surface area (Å²) in [6, 6.07) is 11.8. The molecule has 3 aromatic rings. The minimum atomic E-state index is -1.11. The molecule has 1 saturated heterocycles. The first-order valence-electron chi connectivity index (χ1n) is 10.6. The number of fused-ring (bicyclic) bond motifs is 2. The Balaban J connectivity index is 0.00000144. The predicted octanol–water partition coefficient (Wildman–Crippen LogP) is 0.199. The van der Waals surface area contributed by atoms with Crippen molar-refractivity contribution < 1.29 is 33.8 Å². The van der Waals surface area contributed by atoms with Crippen LogP contribution in [0.5, 0.6) is 0 Å². The molecule has 3 heterocycles. The molecule has 1 N–H and O–H groups in total. The topological polar surface area (TPSA) is 62.5 Å². The molecule has 6 nitrogen and oxygen atoms in total. The van der Waals surface area contributed by atoms with Gasteiger partial charge in [0.05, 0.1) is 21.8 Å². The van der Waals surface area contributed by atoms with Gasteiger partial charge in [0.1, 0.15) is 0 Å². The molecular formula is C23H29N5NaOS2-. The first-order chi connectivity index (χ1) is 14.4. The summed E-state index contributed by atoms with van der Waals surface area (Å²) >= 11 is 0. The van der Waals surface area contributed by atoms with Gasteiger partial charge in [-0.05, 0) is 62.2 Å². The molecule has 2 atom stereocenters. The van der Waals surface area contributed by atoms with Crippen LogP contribution in [0.1, 0.15) is 50.8 Å². The van der Waals surface area contributed by atoms with Crippen molar-refractivity contribution in [1.29, 1.82) is 0 Å². The number of aromatic nitrogens is 3. The summed E-state index contributed by atoms with van der Waals surface area (Å²) < 4.78 is 18.3. The summed E-state index contributed by atoms with van der Waals surface area (Å²) in [5.74, 6) is 0.925. The molecule has 1 aromatic carbocycles. The molecule has 1 aliphatic carbocycles. The van der Waals surface area contributed by atoms with Crippen molar-refractivity contribution in [2.75, 3.05) is 18.0 Å². The second-order valence-electron chi connectivity index (χ2n) is 9.48. The number of imidazole rings is 1. The molecule has 32 heavy (non-hydrogen) atoms. The summed E-state index contributed by atoms with van der Waals surface area (Å²) in [6.07, 6.45) is 8.53. The van der Waals surface area contributed by atoms with E-state index in [0.717, 1.165) is 43.9 Å². The van der Waals surface area contributed by atoms with E-state index in [1.165, 1.54) is 11.1 Å². The fourth-order valence-corrected chi connectivity index (χ4v) is 5.84. The number of hydrogen-bond acceptors (Lipinski definition) is 5. The molecule has 166 valence electrons. The Morgan fingerprint density at radius 2 is 1.91 bits per heavy atom. The maximum Gasteiger partial charge on any atom is 1.00 e. The van der Waals surface area contributed by atoms with Crippen LogP contribution in [0.4, 0.5) is 5.95 Å². The largest absolute Gasteiger partial charge is 1.00 e. The maximum atomic E-state index is 13.0. The van der Waals surface area contributed by atoms with E-state index in [9.17, 15) is 4.21 Å². The van der Waals surface area contributed by atoms with Crippen molar-refractivity contribution in [2.45, 2.75) is 50.8 Å². The van der Waals surface area contributed by atoms with E-state index in [0.29, 0.717) is 0 Å². The number of nitrogens with zero attached hydrogens (tertiary/aromatic N) is 4. The number of benzene rings is 1. The zero-order chi connectivity index (χ0) is 20.9. The van der Waals surface area contributed by atoms with Gasteiger partial charge in [0.15, 0.2) is 0 Å². The number of piperidine rings is 1. The molecule has 1 spiro atoms. The van der Waals surface area contributed by atoms with Gasteiger partial charge in [0, 0.05) is 25.5 Å². The fourth-order valence-electron chi connectivity index (χ4n) is 4.89. The molecule has 0 amide bonds. The van der Waals surface area contributed by atoms with E-state index in [1.54, 1.807) is 12.4 Å². The molecule has 0 bridgehead atoms. The Morgan fingerprint density at radius 1 is 1.19 bits per heavy atom. The quantitative estimate of drug-likeness (QED) is 0.252. The van der Waals surface area contributed by atoms with Crippen LogP contribution in [0.2, 0.25) is 0 Å². The second kappa shape index (κ2) is 9.76. The molecule has 0 radical (unpaired) electrons. The van der Waals surface area contributed by atoms with Crippen molar-refractivity contribution in [2.24, 2.45) is 5.41 Å². The van der Waals surface area contributed by atoms with Crippen LogP contribution in [0.15, 0.2) is 42.9 Å². The Morgan fingerprint density at radius 3 is 2.62 bits per heavy atom. The Kier molecular flexibility index (Phi) is 7.85. The minimum Gasteiger partial charge on any atom is -0.813 e. The van der Waals surface area contributed by atoms with E-state index in [1.807, 2.05) is 31.4 Å². The SMILES string of the molecule is CC(C)(C)[S@@](=O)N[C@@H]1c2ccccc2CC12CCN(c1nc[c-]c3nccn13)CC2.[Na+].[SH-]. The average Bonchev–Trinajstić information content (AvgIpc) is 3.31. The number of thiol groups is 1. The first kappa shape index (κ1) is 25.7. The standard InChI is InChI=1S/C23H28N5OS.Na.H2S/c1-22(2,3)30(29)26-20-18-7-5-4-6-17(18)16-23(20)9-13-27(14-10-23)21-25-11-8-19-24-12-15-28(19)21;;/h4-7,11-12,15,20,26H,9-10,13-14,16H2,1-3H3;;1H2/q-1;+1;/p-1/t20-,30-;;/m1../s1. The van der Waals surface area contributed by atoms with Gasteiger partial charge >= 0.3 is 29.6 Å². The second-order valence-corrected chi connectivity index (χ2v) is 11.5. The third kappa shape index (κ3) is 4.55. The van der Waals surface area contributed by atoms with Crippen molar-refractivity contribution in [3.05, 3.63) is 60.0 Å². The molecule has 5 rings (SSSR count). The van der Waals surface area contributed by atoms with Crippen LogP contribution in [0.3, 0.4) is 0 Å².